The number of nitrogens with zero attached hydrogens (tertiary/aromatic N) is 6. The number of rotatable bonds is 16. The van der Waals surface area contributed by atoms with Gasteiger partial charge in [0.15, 0.2) is 17.3 Å². The smallest absolute Gasteiger partial charge is 0.358 e. The Balaban J connectivity index is 1.29. The molecule has 1 N–H and O–H groups in total. The van der Waals surface area contributed by atoms with Gasteiger partial charge in [0, 0.05) is 24.6 Å². The third kappa shape index (κ3) is 8.25. The normalized spacial score (nSPS) is 11.3. The fourth-order valence-corrected chi connectivity index (χ4v) is 7.76. The van der Waals surface area contributed by atoms with Crippen LogP contribution in [0.4, 0.5) is 5.82 Å². The molecule has 0 saturated heterocycles. The number of aryl methyl sites for hydroxylation is 1. The van der Waals surface area contributed by atoms with Crippen LogP contribution in [0, 0.1) is 0 Å². The molecule has 298 valence electrons. The first-order chi connectivity index (χ1) is 28.9. The van der Waals surface area contributed by atoms with Crippen molar-refractivity contribution in [2.75, 3.05) is 11.9 Å². The Morgan fingerprint density at radius 1 is 0.712 bits per heavy atom. The van der Waals surface area contributed by atoms with Crippen LogP contribution in [0.5, 0.6) is 0 Å². The second-order valence-corrected chi connectivity index (χ2v) is 14.2. The summed E-state index contributed by atoms with van der Waals surface area (Å²) in [4.78, 5) is 31.4. The van der Waals surface area contributed by atoms with E-state index >= 15 is 0 Å². The molecule has 7 rings (SSSR count). The maximum Gasteiger partial charge on any atom is 0.358 e. The Morgan fingerprint density at radius 3 is 1.81 bits per heavy atom. The highest BCUT2D eigenvalue weighted by Crippen LogP contribution is 2.43. The summed E-state index contributed by atoms with van der Waals surface area (Å²) in [6, 6.07) is 47.5. The number of imidazole rings is 1. The van der Waals surface area contributed by atoms with E-state index in [9.17, 15) is 9.59 Å². The molecule has 59 heavy (non-hydrogen) atoms. The summed E-state index contributed by atoms with van der Waals surface area (Å²) in [6.07, 6.45) is 4.53. The van der Waals surface area contributed by atoms with Crippen LogP contribution < -0.4 is 5.32 Å². The van der Waals surface area contributed by atoms with Crippen molar-refractivity contribution in [3.05, 3.63) is 185 Å². The fraction of sp³-hybridized carbons (Fsp3) is 0.224. The first kappa shape index (κ1) is 40.3. The second kappa shape index (κ2) is 18.5. The lowest BCUT2D eigenvalue weighted by molar-refractivity contribution is -0.112. The molecule has 0 atom stereocenters. The van der Waals surface area contributed by atoms with E-state index in [2.05, 4.69) is 90.3 Å². The molecule has 1 amide bonds. The van der Waals surface area contributed by atoms with Crippen molar-refractivity contribution in [1.29, 1.82) is 0 Å². The van der Waals surface area contributed by atoms with Gasteiger partial charge in [-0.05, 0) is 70.0 Å². The van der Waals surface area contributed by atoms with Gasteiger partial charge in [-0.25, -0.2) is 14.5 Å². The van der Waals surface area contributed by atoms with Gasteiger partial charge in [0.2, 0.25) is 5.91 Å². The molecule has 2 aromatic heterocycles. The number of ether oxygens (including phenoxy) is 1. The Morgan fingerprint density at radius 2 is 1.27 bits per heavy atom. The maximum atomic E-state index is 13.5. The second-order valence-electron chi connectivity index (χ2n) is 14.2. The van der Waals surface area contributed by atoms with Crippen molar-refractivity contribution in [2.45, 2.75) is 65.5 Å². The van der Waals surface area contributed by atoms with Crippen molar-refractivity contribution in [3.8, 4) is 22.5 Å². The minimum absolute atomic E-state index is 0.191. The first-order valence-corrected chi connectivity index (χ1v) is 20.3. The number of amides is 1. The molecule has 0 spiro atoms. The highest BCUT2D eigenvalue weighted by molar-refractivity contribution is 6.03. The van der Waals surface area contributed by atoms with Crippen LogP contribution in [-0.2, 0) is 28.0 Å². The van der Waals surface area contributed by atoms with E-state index in [-0.39, 0.29) is 24.0 Å². The Labute approximate surface area is 345 Å². The van der Waals surface area contributed by atoms with Gasteiger partial charge < -0.3 is 14.6 Å². The Bertz CT molecular complexity index is 2420. The van der Waals surface area contributed by atoms with E-state index in [0.29, 0.717) is 24.6 Å². The van der Waals surface area contributed by atoms with Gasteiger partial charge in [-0.3, -0.25) is 4.79 Å². The topological polar surface area (TPSA) is 117 Å². The SMILES string of the molecule is CCCc1nc(NC(=O)C=C(CC)CC)c(C(=O)OCC)n1Cc1ccc(-c2ccccc2-c2nnnn2C(c2ccccc2)(c2ccccc2)c2ccccc2)cc1. The standard InChI is InChI=1S/C49H49N7O3/c1-5-20-43-50-46(51-44(57)33-35(6-2)7-3)45(48(58)59-8-4)55(43)34-36-29-31-37(32-30-36)41-27-18-19-28-42(41)47-52-53-54-56(47)49(38-21-12-9-13-22-38,39-23-14-10-15-24-39)40-25-16-11-17-26-40/h9-19,21-33H,5-8,20,34H2,1-4H3,(H,51,57). The molecule has 0 saturated carbocycles. The van der Waals surface area contributed by atoms with Crippen LogP contribution in [0.1, 0.15) is 85.5 Å². The van der Waals surface area contributed by atoms with Gasteiger partial charge in [0.1, 0.15) is 11.4 Å². The van der Waals surface area contributed by atoms with Gasteiger partial charge in [-0.15, -0.1) is 5.10 Å². The number of hydrogen-bond donors (Lipinski definition) is 1. The zero-order valence-corrected chi connectivity index (χ0v) is 34.0. The first-order valence-electron chi connectivity index (χ1n) is 20.3. The zero-order chi connectivity index (χ0) is 41.2. The minimum atomic E-state index is -0.903. The monoisotopic (exact) mass is 783 g/mol. The van der Waals surface area contributed by atoms with E-state index < -0.39 is 11.5 Å². The number of carbonyl (C=O) groups is 2. The van der Waals surface area contributed by atoms with Gasteiger partial charge in [-0.1, -0.05) is 166 Å². The highest BCUT2D eigenvalue weighted by atomic mass is 16.5. The summed E-state index contributed by atoms with van der Waals surface area (Å²) in [5.74, 6) is 0.664. The van der Waals surface area contributed by atoms with Crippen LogP contribution in [0.15, 0.2) is 151 Å². The van der Waals surface area contributed by atoms with E-state index in [1.54, 1.807) is 13.0 Å². The van der Waals surface area contributed by atoms with Crippen molar-refractivity contribution >= 4 is 17.7 Å². The van der Waals surface area contributed by atoms with Gasteiger partial charge in [-0.2, -0.15) is 0 Å². The Hall–Kier alpha value is -6.94. The lowest BCUT2D eigenvalue weighted by atomic mass is 9.77. The molecule has 10 nitrogen and oxygen atoms in total. The average molecular weight is 784 g/mol. The fourth-order valence-electron chi connectivity index (χ4n) is 7.76. The number of benzene rings is 5. The van der Waals surface area contributed by atoms with Crippen LogP contribution in [0.25, 0.3) is 22.5 Å². The molecule has 5 aromatic carbocycles. The predicted molar refractivity (Wildman–Crippen MR) is 232 cm³/mol. The molecule has 0 aliphatic heterocycles. The number of aromatic nitrogens is 6. The number of tetrazole rings is 1. The van der Waals surface area contributed by atoms with E-state index in [0.717, 1.165) is 63.8 Å². The Kier molecular flexibility index (Phi) is 12.7. The molecule has 0 radical (unpaired) electrons. The summed E-state index contributed by atoms with van der Waals surface area (Å²) < 4.78 is 9.32. The van der Waals surface area contributed by atoms with Gasteiger partial charge in [0.25, 0.3) is 0 Å². The largest absolute Gasteiger partial charge is 0.461 e. The van der Waals surface area contributed by atoms with Crippen molar-refractivity contribution in [3.63, 3.8) is 0 Å². The summed E-state index contributed by atoms with van der Waals surface area (Å²) in [5.41, 5.74) is 7.12. The quantitative estimate of drug-likeness (QED) is 0.0589. The van der Waals surface area contributed by atoms with E-state index in [4.69, 9.17) is 20.0 Å². The molecule has 0 unspecified atom stereocenters. The maximum absolute atomic E-state index is 13.5. The third-order valence-corrected chi connectivity index (χ3v) is 10.6. The molecule has 7 aromatic rings. The summed E-state index contributed by atoms with van der Waals surface area (Å²) in [7, 11) is 0. The van der Waals surface area contributed by atoms with Crippen LogP contribution in [0.2, 0.25) is 0 Å². The molecule has 10 heteroatoms. The number of esters is 1. The average Bonchev–Trinajstić information content (AvgIpc) is 3.89. The van der Waals surface area contributed by atoms with Crippen LogP contribution in [-0.4, -0.2) is 48.2 Å². The number of hydrogen-bond acceptors (Lipinski definition) is 7. The lowest BCUT2D eigenvalue weighted by Crippen LogP contribution is -2.39. The van der Waals surface area contributed by atoms with Crippen LogP contribution >= 0.6 is 0 Å². The number of anilines is 1. The zero-order valence-electron chi connectivity index (χ0n) is 34.0. The molecule has 0 aliphatic rings. The minimum Gasteiger partial charge on any atom is -0.461 e. The van der Waals surface area contributed by atoms with Crippen LogP contribution in [0.3, 0.4) is 0 Å². The number of carbonyl (C=O) groups excluding carboxylic acids is 2. The third-order valence-electron chi connectivity index (χ3n) is 10.6. The van der Waals surface area contributed by atoms with Crippen molar-refractivity contribution in [1.82, 2.24) is 29.8 Å². The van der Waals surface area contributed by atoms with E-state index in [1.807, 2.05) is 89.8 Å². The predicted octanol–water partition coefficient (Wildman–Crippen LogP) is 9.91. The van der Waals surface area contributed by atoms with Gasteiger partial charge in [0.05, 0.1) is 6.61 Å². The summed E-state index contributed by atoms with van der Waals surface area (Å²) in [5, 5.41) is 16.7. The molecular formula is C49H49N7O3. The van der Waals surface area contributed by atoms with Crippen molar-refractivity contribution in [2.24, 2.45) is 0 Å². The van der Waals surface area contributed by atoms with E-state index in [1.165, 1.54) is 0 Å². The molecule has 0 aliphatic carbocycles. The summed E-state index contributed by atoms with van der Waals surface area (Å²) in [6.45, 7) is 8.40. The molecule has 0 bridgehead atoms. The molecular weight excluding hydrogens is 735 g/mol. The molecule has 0 fully saturated rings. The highest BCUT2D eigenvalue weighted by Gasteiger charge is 2.42. The lowest BCUT2D eigenvalue weighted by Gasteiger charge is -2.36. The van der Waals surface area contributed by atoms with Gasteiger partial charge >= 0.3 is 5.97 Å². The van der Waals surface area contributed by atoms with Crippen molar-refractivity contribution < 1.29 is 14.3 Å². The number of allylic oxidation sites excluding steroid dienone is 1. The number of nitrogens with one attached hydrogen (secondary N) is 1. The molecule has 2 heterocycles. The summed E-state index contributed by atoms with van der Waals surface area (Å²) >= 11 is 0.